The van der Waals surface area contributed by atoms with Gasteiger partial charge in [0.25, 0.3) is 0 Å². The Morgan fingerprint density at radius 1 is 0.679 bits per heavy atom. The molecule has 10 nitrogen and oxygen atoms in total. The molecule has 1 fully saturated rings. The smallest absolute Gasteiger partial charge is 0.362 e. The zero-order valence-corrected chi connectivity index (χ0v) is 15.1. The van der Waals surface area contributed by atoms with Crippen molar-refractivity contribution in [1.29, 1.82) is 0 Å². The van der Waals surface area contributed by atoms with E-state index in [9.17, 15) is 9.59 Å². The van der Waals surface area contributed by atoms with Crippen LogP contribution in [0.15, 0.2) is 69.0 Å². The molecule has 28 heavy (non-hydrogen) atoms. The molecule has 0 bridgehead atoms. The SMILES string of the molecule is Nc1ccccc1N=NC(=O)N1CCN(C(=O)N=Nc2ccccc2N)CC1. The van der Waals surface area contributed by atoms with Crippen LogP contribution < -0.4 is 11.5 Å². The quantitative estimate of drug-likeness (QED) is 0.606. The fourth-order valence-electron chi connectivity index (χ4n) is 2.57. The molecule has 144 valence electrons. The summed E-state index contributed by atoms with van der Waals surface area (Å²) in [6.45, 7) is 1.32. The summed E-state index contributed by atoms with van der Waals surface area (Å²) in [5.41, 5.74) is 13.3. The minimum absolute atomic E-state index is 0.330. The van der Waals surface area contributed by atoms with Crippen LogP contribution in [0.4, 0.5) is 32.3 Å². The largest absolute Gasteiger partial charge is 0.397 e. The van der Waals surface area contributed by atoms with Gasteiger partial charge in [-0.1, -0.05) is 34.5 Å². The van der Waals surface area contributed by atoms with Crippen LogP contribution >= 0.6 is 0 Å². The Labute approximate surface area is 161 Å². The number of azo groups is 2. The number of carbonyl (C=O) groups excluding carboxylic acids is 2. The van der Waals surface area contributed by atoms with Gasteiger partial charge in [-0.2, -0.15) is 0 Å². The number of rotatable bonds is 2. The summed E-state index contributed by atoms with van der Waals surface area (Å²) in [5.74, 6) is 0. The lowest BCUT2D eigenvalue weighted by Crippen LogP contribution is -2.49. The average molecular weight is 380 g/mol. The van der Waals surface area contributed by atoms with E-state index < -0.39 is 12.1 Å². The van der Waals surface area contributed by atoms with Crippen LogP contribution in [0.5, 0.6) is 0 Å². The third kappa shape index (κ3) is 4.67. The van der Waals surface area contributed by atoms with Crippen molar-refractivity contribution in [2.24, 2.45) is 20.5 Å². The number of amides is 4. The molecule has 1 aliphatic heterocycles. The highest BCUT2D eigenvalue weighted by Gasteiger charge is 2.24. The lowest BCUT2D eigenvalue weighted by Gasteiger charge is -2.31. The molecular formula is C18H20N8O2. The predicted octanol–water partition coefficient (Wildman–Crippen LogP) is 3.58. The predicted molar refractivity (Wildman–Crippen MR) is 105 cm³/mol. The fourth-order valence-corrected chi connectivity index (χ4v) is 2.57. The van der Waals surface area contributed by atoms with Crippen LogP contribution in [0.25, 0.3) is 0 Å². The molecule has 0 unspecified atom stereocenters. The van der Waals surface area contributed by atoms with E-state index in [1.807, 2.05) is 0 Å². The molecule has 1 saturated heterocycles. The van der Waals surface area contributed by atoms with Crippen LogP contribution in [0, 0.1) is 0 Å². The first-order valence-corrected chi connectivity index (χ1v) is 8.65. The second kappa shape index (κ2) is 8.71. The van der Waals surface area contributed by atoms with Crippen LogP contribution in [0.3, 0.4) is 0 Å². The zero-order chi connectivity index (χ0) is 19.9. The van der Waals surface area contributed by atoms with Gasteiger partial charge in [-0.05, 0) is 24.3 Å². The van der Waals surface area contributed by atoms with Crippen molar-refractivity contribution < 1.29 is 9.59 Å². The Kier molecular flexibility index (Phi) is 5.90. The molecule has 0 saturated carbocycles. The van der Waals surface area contributed by atoms with Gasteiger partial charge in [-0.3, -0.25) is 0 Å². The van der Waals surface area contributed by atoms with E-state index >= 15 is 0 Å². The van der Waals surface area contributed by atoms with Gasteiger partial charge in [0.05, 0.1) is 11.4 Å². The van der Waals surface area contributed by atoms with Crippen molar-refractivity contribution in [2.45, 2.75) is 0 Å². The summed E-state index contributed by atoms with van der Waals surface area (Å²) in [6.07, 6.45) is 0. The Balaban J connectivity index is 1.52. The lowest BCUT2D eigenvalue weighted by molar-refractivity contribution is 0.151. The number of anilines is 2. The molecule has 0 aliphatic carbocycles. The van der Waals surface area contributed by atoms with Gasteiger partial charge in [-0.25, -0.2) is 9.59 Å². The van der Waals surface area contributed by atoms with Crippen LogP contribution in [-0.2, 0) is 0 Å². The monoisotopic (exact) mass is 380 g/mol. The number of nitrogens with two attached hydrogens (primary N) is 2. The third-order valence-corrected chi connectivity index (χ3v) is 4.18. The summed E-state index contributed by atoms with van der Waals surface area (Å²) < 4.78 is 0. The molecule has 0 spiro atoms. The van der Waals surface area contributed by atoms with Gasteiger partial charge < -0.3 is 21.3 Å². The molecule has 1 aliphatic rings. The van der Waals surface area contributed by atoms with E-state index in [1.165, 1.54) is 9.80 Å². The van der Waals surface area contributed by atoms with Gasteiger partial charge >= 0.3 is 12.1 Å². The van der Waals surface area contributed by atoms with Crippen molar-refractivity contribution in [1.82, 2.24) is 9.80 Å². The summed E-state index contributed by atoms with van der Waals surface area (Å²) in [6, 6.07) is 12.8. The Bertz CT molecular complexity index is 844. The minimum atomic E-state index is -0.478. The van der Waals surface area contributed by atoms with Gasteiger partial charge in [0.2, 0.25) is 0 Å². The van der Waals surface area contributed by atoms with Crippen molar-refractivity contribution in [3.05, 3.63) is 48.5 Å². The lowest BCUT2D eigenvalue weighted by atomic mass is 10.3. The van der Waals surface area contributed by atoms with Crippen molar-refractivity contribution in [3.8, 4) is 0 Å². The highest BCUT2D eigenvalue weighted by atomic mass is 16.2. The summed E-state index contributed by atoms with van der Waals surface area (Å²) in [5, 5.41) is 15.2. The number of hydrogen-bond acceptors (Lipinski definition) is 6. The van der Waals surface area contributed by atoms with Gasteiger partial charge in [-0.15, -0.1) is 10.2 Å². The summed E-state index contributed by atoms with van der Waals surface area (Å²) in [7, 11) is 0. The first-order valence-electron chi connectivity index (χ1n) is 8.65. The molecule has 2 aromatic carbocycles. The number of benzene rings is 2. The molecule has 0 radical (unpaired) electrons. The maximum absolute atomic E-state index is 12.2. The number of nitrogen functional groups attached to an aromatic ring is 2. The van der Waals surface area contributed by atoms with Crippen LogP contribution in [-0.4, -0.2) is 48.0 Å². The molecule has 0 aromatic heterocycles. The molecule has 2 aromatic rings. The van der Waals surface area contributed by atoms with E-state index in [1.54, 1.807) is 48.5 Å². The van der Waals surface area contributed by atoms with E-state index in [2.05, 4.69) is 20.5 Å². The summed E-state index contributed by atoms with van der Waals surface area (Å²) >= 11 is 0. The van der Waals surface area contributed by atoms with Crippen molar-refractivity contribution in [3.63, 3.8) is 0 Å². The number of urea groups is 2. The molecule has 1 heterocycles. The summed E-state index contributed by atoms with van der Waals surface area (Å²) in [4.78, 5) is 27.4. The molecule has 3 rings (SSSR count). The molecule has 4 amide bonds. The van der Waals surface area contributed by atoms with E-state index in [0.29, 0.717) is 48.9 Å². The first-order chi connectivity index (χ1) is 13.5. The zero-order valence-electron chi connectivity index (χ0n) is 15.1. The van der Waals surface area contributed by atoms with E-state index in [4.69, 9.17) is 11.5 Å². The standard InChI is InChI=1S/C18H20N8O2/c19-13-5-1-3-7-15(13)21-23-17(27)25-9-11-26(12-10-25)18(28)24-22-16-8-4-2-6-14(16)20/h1-8H,9-12,19-20H2. The van der Waals surface area contributed by atoms with Crippen LogP contribution in [0.1, 0.15) is 0 Å². The first kappa shape index (κ1) is 19.0. The Hall–Kier alpha value is -3.82. The maximum Gasteiger partial charge on any atom is 0.362 e. The minimum Gasteiger partial charge on any atom is -0.397 e. The topological polar surface area (TPSA) is 142 Å². The Morgan fingerprint density at radius 2 is 1.04 bits per heavy atom. The molecular weight excluding hydrogens is 360 g/mol. The molecule has 10 heteroatoms. The molecule has 4 N–H and O–H groups in total. The average Bonchev–Trinajstić information content (AvgIpc) is 2.72. The van der Waals surface area contributed by atoms with Crippen molar-refractivity contribution in [2.75, 3.05) is 37.6 Å². The van der Waals surface area contributed by atoms with E-state index in [0.717, 1.165) is 0 Å². The van der Waals surface area contributed by atoms with Crippen molar-refractivity contribution >= 4 is 34.8 Å². The number of carbonyl (C=O) groups is 2. The molecule has 0 atom stereocenters. The highest BCUT2D eigenvalue weighted by Crippen LogP contribution is 2.22. The Morgan fingerprint density at radius 3 is 1.39 bits per heavy atom. The normalized spacial score (nSPS) is 14.7. The van der Waals surface area contributed by atoms with Gasteiger partial charge in [0, 0.05) is 26.2 Å². The second-order valence-electron chi connectivity index (χ2n) is 6.06. The number of piperazine rings is 1. The highest BCUT2D eigenvalue weighted by molar-refractivity contribution is 5.77. The van der Waals surface area contributed by atoms with E-state index in [-0.39, 0.29) is 0 Å². The van der Waals surface area contributed by atoms with Crippen LogP contribution in [0.2, 0.25) is 0 Å². The maximum atomic E-state index is 12.2. The van der Waals surface area contributed by atoms with Gasteiger partial charge in [0.1, 0.15) is 11.4 Å². The third-order valence-electron chi connectivity index (χ3n) is 4.18. The number of hydrogen-bond donors (Lipinski definition) is 2. The number of nitrogens with zero attached hydrogens (tertiary/aromatic N) is 6. The van der Waals surface area contributed by atoms with Gasteiger partial charge in [0.15, 0.2) is 0 Å². The number of para-hydroxylation sites is 2. The second-order valence-corrected chi connectivity index (χ2v) is 6.06. The fraction of sp³-hybridized carbons (Fsp3) is 0.222.